The molecule has 0 aromatic rings. The monoisotopic (exact) mass is 132 g/mol. The van der Waals surface area contributed by atoms with Crippen molar-refractivity contribution in [1.82, 2.24) is 0 Å². The average Bonchev–Trinajstić information content (AvgIpc) is 1.90. The fraction of sp³-hybridized carbons (Fsp3) is 1.00. The van der Waals surface area contributed by atoms with Crippen molar-refractivity contribution in [3.63, 3.8) is 0 Å². The molecule has 0 saturated carbocycles. The SMILES string of the molecule is CC[C@@H](C)C(CO)OC. The van der Waals surface area contributed by atoms with E-state index >= 15 is 0 Å². The Bertz CT molecular complexity index is 59.9. The summed E-state index contributed by atoms with van der Waals surface area (Å²) in [5.41, 5.74) is 0. The summed E-state index contributed by atoms with van der Waals surface area (Å²) in [4.78, 5) is 0. The van der Waals surface area contributed by atoms with E-state index in [4.69, 9.17) is 9.84 Å². The van der Waals surface area contributed by atoms with Gasteiger partial charge in [-0.2, -0.15) is 0 Å². The summed E-state index contributed by atoms with van der Waals surface area (Å²) in [5.74, 6) is 0.458. The molecule has 0 amide bonds. The van der Waals surface area contributed by atoms with Crippen LogP contribution in [0.4, 0.5) is 0 Å². The lowest BCUT2D eigenvalue weighted by atomic mass is 10.0. The van der Waals surface area contributed by atoms with Crippen LogP contribution < -0.4 is 0 Å². The minimum Gasteiger partial charge on any atom is -0.394 e. The van der Waals surface area contributed by atoms with Crippen LogP contribution in [0.3, 0.4) is 0 Å². The second-order valence-electron chi connectivity index (χ2n) is 2.34. The van der Waals surface area contributed by atoms with Gasteiger partial charge in [0.25, 0.3) is 0 Å². The highest BCUT2D eigenvalue weighted by Gasteiger charge is 2.12. The molecule has 0 bridgehead atoms. The number of hydrogen-bond donors (Lipinski definition) is 1. The molecule has 2 heteroatoms. The maximum atomic E-state index is 8.70. The molecule has 0 spiro atoms. The van der Waals surface area contributed by atoms with Crippen LogP contribution in [0.2, 0.25) is 0 Å². The maximum Gasteiger partial charge on any atom is 0.0827 e. The summed E-state index contributed by atoms with van der Waals surface area (Å²) >= 11 is 0. The van der Waals surface area contributed by atoms with Crippen LogP contribution in [0.15, 0.2) is 0 Å². The fourth-order valence-corrected chi connectivity index (χ4v) is 0.750. The summed E-state index contributed by atoms with van der Waals surface area (Å²) < 4.78 is 5.00. The van der Waals surface area contributed by atoms with Crippen LogP contribution in [0, 0.1) is 5.92 Å². The first kappa shape index (κ1) is 8.92. The summed E-state index contributed by atoms with van der Waals surface area (Å²) in [6.07, 6.45) is 1.08. The molecule has 9 heavy (non-hydrogen) atoms. The minimum absolute atomic E-state index is 0.0231. The van der Waals surface area contributed by atoms with Crippen LogP contribution in [0.1, 0.15) is 20.3 Å². The molecule has 0 rings (SSSR count). The smallest absolute Gasteiger partial charge is 0.0827 e. The average molecular weight is 132 g/mol. The topological polar surface area (TPSA) is 29.5 Å². The molecule has 56 valence electrons. The fourth-order valence-electron chi connectivity index (χ4n) is 0.750. The third-order valence-corrected chi connectivity index (χ3v) is 1.76. The van der Waals surface area contributed by atoms with Crippen LogP contribution in [-0.2, 0) is 4.74 Å². The Morgan fingerprint density at radius 3 is 2.22 bits per heavy atom. The molecule has 0 saturated heterocycles. The van der Waals surface area contributed by atoms with E-state index in [1.807, 2.05) is 0 Å². The molecule has 1 N–H and O–H groups in total. The second kappa shape index (κ2) is 4.77. The van der Waals surface area contributed by atoms with E-state index < -0.39 is 0 Å². The Hall–Kier alpha value is -0.0800. The molecule has 0 aromatic carbocycles. The Morgan fingerprint density at radius 1 is 1.56 bits per heavy atom. The summed E-state index contributed by atoms with van der Waals surface area (Å²) in [7, 11) is 1.63. The highest BCUT2D eigenvalue weighted by atomic mass is 16.5. The first-order valence-electron chi connectivity index (χ1n) is 3.39. The van der Waals surface area contributed by atoms with Gasteiger partial charge in [-0.15, -0.1) is 0 Å². The molecule has 0 aliphatic carbocycles. The highest BCUT2D eigenvalue weighted by molar-refractivity contribution is 4.61. The van der Waals surface area contributed by atoms with Crippen LogP contribution >= 0.6 is 0 Å². The van der Waals surface area contributed by atoms with Crippen molar-refractivity contribution >= 4 is 0 Å². The van der Waals surface area contributed by atoms with Gasteiger partial charge in [0.2, 0.25) is 0 Å². The van der Waals surface area contributed by atoms with E-state index in [-0.39, 0.29) is 12.7 Å². The van der Waals surface area contributed by atoms with Crippen molar-refractivity contribution < 1.29 is 9.84 Å². The molecule has 2 atom stereocenters. The van der Waals surface area contributed by atoms with E-state index in [2.05, 4.69) is 13.8 Å². The van der Waals surface area contributed by atoms with E-state index in [1.165, 1.54) is 0 Å². The van der Waals surface area contributed by atoms with Crippen LogP contribution in [0.25, 0.3) is 0 Å². The van der Waals surface area contributed by atoms with E-state index in [0.29, 0.717) is 5.92 Å². The lowest BCUT2D eigenvalue weighted by molar-refractivity contribution is 0.0118. The Morgan fingerprint density at radius 2 is 2.11 bits per heavy atom. The number of methoxy groups -OCH3 is 1. The zero-order chi connectivity index (χ0) is 7.28. The first-order valence-corrected chi connectivity index (χ1v) is 3.39. The first-order chi connectivity index (χ1) is 4.26. The van der Waals surface area contributed by atoms with Gasteiger partial charge in [-0.3, -0.25) is 0 Å². The van der Waals surface area contributed by atoms with Gasteiger partial charge in [0, 0.05) is 7.11 Å². The number of aliphatic hydroxyl groups excluding tert-OH is 1. The maximum absolute atomic E-state index is 8.70. The molecule has 0 aliphatic heterocycles. The van der Waals surface area contributed by atoms with E-state index in [0.717, 1.165) is 6.42 Å². The molecule has 0 heterocycles. The lowest BCUT2D eigenvalue weighted by Gasteiger charge is -2.18. The summed E-state index contributed by atoms with van der Waals surface area (Å²) in [6, 6.07) is 0. The van der Waals surface area contributed by atoms with Crippen LogP contribution in [-0.4, -0.2) is 24.9 Å². The minimum atomic E-state index is 0.0231. The van der Waals surface area contributed by atoms with E-state index in [9.17, 15) is 0 Å². The number of ether oxygens (including phenoxy) is 1. The van der Waals surface area contributed by atoms with Crippen LogP contribution in [0.5, 0.6) is 0 Å². The van der Waals surface area contributed by atoms with Gasteiger partial charge in [0.1, 0.15) is 0 Å². The van der Waals surface area contributed by atoms with Crippen molar-refractivity contribution in [1.29, 1.82) is 0 Å². The molecule has 0 fully saturated rings. The standard InChI is InChI=1S/C7H16O2/c1-4-6(2)7(5-8)9-3/h6-8H,4-5H2,1-3H3/t6-,7?/m1/s1. The Balaban J connectivity index is 3.50. The summed E-state index contributed by atoms with van der Waals surface area (Å²) in [6.45, 7) is 4.29. The molecule has 0 aromatic heterocycles. The Kier molecular flexibility index (Phi) is 4.72. The molecular weight excluding hydrogens is 116 g/mol. The van der Waals surface area contributed by atoms with Gasteiger partial charge < -0.3 is 9.84 Å². The van der Waals surface area contributed by atoms with Crippen molar-refractivity contribution in [3.05, 3.63) is 0 Å². The molecule has 1 unspecified atom stereocenters. The van der Waals surface area contributed by atoms with Gasteiger partial charge in [-0.05, 0) is 5.92 Å². The number of rotatable bonds is 4. The molecule has 0 radical (unpaired) electrons. The predicted octanol–water partition coefficient (Wildman–Crippen LogP) is 1.04. The Labute approximate surface area is 56.8 Å². The quantitative estimate of drug-likeness (QED) is 0.619. The van der Waals surface area contributed by atoms with Gasteiger partial charge in [-0.1, -0.05) is 20.3 Å². The number of hydrogen-bond acceptors (Lipinski definition) is 2. The van der Waals surface area contributed by atoms with Gasteiger partial charge in [0.15, 0.2) is 0 Å². The molecule has 2 nitrogen and oxygen atoms in total. The highest BCUT2D eigenvalue weighted by Crippen LogP contribution is 2.08. The van der Waals surface area contributed by atoms with Crippen molar-refractivity contribution in [2.75, 3.05) is 13.7 Å². The number of aliphatic hydroxyl groups is 1. The molecule has 0 aliphatic rings. The van der Waals surface area contributed by atoms with Crippen molar-refractivity contribution in [2.45, 2.75) is 26.4 Å². The van der Waals surface area contributed by atoms with E-state index in [1.54, 1.807) is 7.11 Å². The summed E-state index contributed by atoms with van der Waals surface area (Å²) in [5, 5.41) is 8.70. The normalized spacial score (nSPS) is 17.3. The third kappa shape index (κ3) is 2.82. The van der Waals surface area contributed by atoms with Crippen molar-refractivity contribution in [2.24, 2.45) is 5.92 Å². The second-order valence-corrected chi connectivity index (χ2v) is 2.34. The van der Waals surface area contributed by atoms with Gasteiger partial charge >= 0.3 is 0 Å². The van der Waals surface area contributed by atoms with Gasteiger partial charge in [0.05, 0.1) is 12.7 Å². The van der Waals surface area contributed by atoms with Gasteiger partial charge in [-0.25, -0.2) is 0 Å². The third-order valence-electron chi connectivity index (χ3n) is 1.76. The zero-order valence-electron chi connectivity index (χ0n) is 6.42. The molecular formula is C7H16O2. The lowest BCUT2D eigenvalue weighted by Crippen LogP contribution is -2.23. The van der Waals surface area contributed by atoms with Crippen molar-refractivity contribution in [3.8, 4) is 0 Å². The zero-order valence-corrected chi connectivity index (χ0v) is 6.42. The predicted molar refractivity (Wildman–Crippen MR) is 37.3 cm³/mol. The largest absolute Gasteiger partial charge is 0.394 e.